The van der Waals surface area contributed by atoms with Gasteiger partial charge in [0.2, 0.25) is 15.9 Å². The second kappa shape index (κ2) is 7.50. The van der Waals surface area contributed by atoms with Crippen molar-refractivity contribution < 1.29 is 26.4 Å². The van der Waals surface area contributed by atoms with Crippen molar-refractivity contribution in [3.05, 3.63) is 0 Å². The lowest BCUT2D eigenvalue weighted by Crippen LogP contribution is -2.45. The molecule has 0 N–H and O–H groups in total. The van der Waals surface area contributed by atoms with Crippen LogP contribution in [0, 0.1) is 5.41 Å². The third-order valence-electron chi connectivity index (χ3n) is 5.22. The maximum absolute atomic E-state index is 12.2. The smallest absolute Gasteiger partial charge is 0.223 e. The fourth-order valence-corrected chi connectivity index (χ4v) is 5.60. The Hall–Kier alpha value is -0.710. The Labute approximate surface area is 150 Å². The lowest BCUT2D eigenvalue weighted by molar-refractivity contribution is -0.133. The Bertz CT molecular complexity index is 696. The van der Waals surface area contributed by atoms with Gasteiger partial charge in [0.15, 0.2) is 0 Å². The van der Waals surface area contributed by atoms with Crippen LogP contribution in [0.3, 0.4) is 0 Å². The average molecular weight is 397 g/mol. The summed E-state index contributed by atoms with van der Waals surface area (Å²) >= 11 is 0. The Morgan fingerprint density at radius 2 is 1.76 bits per heavy atom. The number of hydrogen-bond acceptors (Lipinski definition) is 6. The van der Waals surface area contributed by atoms with E-state index in [0.29, 0.717) is 26.2 Å². The van der Waals surface area contributed by atoms with Crippen molar-refractivity contribution >= 4 is 25.8 Å². The quantitative estimate of drug-likeness (QED) is 0.612. The maximum Gasteiger partial charge on any atom is 0.223 e. The average Bonchev–Trinajstić information content (AvgIpc) is 2.84. The van der Waals surface area contributed by atoms with E-state index < -0.39 is 19.9 Å². The highest BCUT2D eigenvalue weighted by Gasteiger charge is 2.48. The number of rotatable bonds is 6. The standard InChI is InChI=1S/C15H28N2O6S2/c1-23-11-13-10-15(12-17(13)25(3,21)22)5-7-16(8-6-15)14(18)4-9-24(2,19)20/h13H,4-12H2,1-3H3. The topological polar surface area (TPSA) is 101 Å². The van der Waals surface area contributed by atoms with E-state index in [9.17, 15) is 21.6 Å². The first-order chi connectivity index (χ1) is 11.5. The zero-order valence-electron chi connectivity index (χ0n) is 15.1. The van der Waals surface area contributed by atoms with Gasteiger partial charge in [-0.15, -0.1) is 0 Å². The second-order valence-electron chi connectivity index (χ2n) is 7.38. The molecule has 2 saturated heterocycles. The van der Waals surface area contributed by atoms with Crippen molar-refractivity contribution in [3.8, 4) is 0 Å². The van der Waals surface area contributed by atoms with Crippen LogP contribution in [0.5, 0.6) is 0 Å². The van der Waals surface area contributed by atoms with Crippen molar-refractivity contribution in [2.75, 3.05) is 51.6 Å². The number of likely N-dealkylation sites (tertiary alicyclic amines) is 1. The van der Waals surface area contributed by atoms with Crippen molar-refractivity contribution in [2.45, 2.75) is 31.7 Å². The van der Waals surface area contributed by atoms with Crippen LogP contribution in [0.15, 0.2) is 0 Å². The zero-order valence-corrected chi connectivity index (χ0v) is 16.7. The fourth-order valence-electron chi connectivity index (χ4n) is 3.87. The molecule has 10 heteroatoms. The Morgan fingerprint density at radius 1 is 1.16 bits per heavy atom. The zero-order chi connectivity index (χ0) is 18.9. The first kappa shape index (κ1) is 20.6. The van der Waals surface area contributed by atoms with Gasteiger partial charge in [-0.2, -0.15) is 4.31 Å². The summed E-state index contributed by atoms with van der Waals surface area (Å²) in [5, 5.41) is 0. The van der Waals surface area contributed by atoms with E-state index in [4.69, 9.17) is 4.74 Å². The van der Waals surface area contributed by atoms with E-state index >= 15 is 0 Å². The highest BCUT2D eigenvalue weighted by atomic mass is 32.2. The molecule has 2 rings (SSSR count). The number of carbonyl (C=O) groups excluding carboxylic acids is 1. The number of hydrogen-bond donors (Lipinski definition) is 0. The van der Waals surface area contributed by atoms with Crippen LogP contribution in [0.1, 0.15) is 25.7 Å². The first-order valence-electron chi connectivity index (χ1n) is 8.37. The largest absolute Gasteiger partial charge is 0.383 e. The number of sulfonamides is 1. The Kier molecular flexibility index (Phi) is 6.18. The summed E-state index contributed by atoms with van der Waals surface area (Å²) in [6.45, 7) is 1.91. The van der Waals surface area contributed by atoms with E-state index in [1.54, 1.807) is 12.0 Å². The monoisotopic (exact) mass is 396 g/mol. The highest BCUT2D eigenvalue weighted by molar-refractivity contribution is 7.90. The van der Waals surface area contributed by atoms with Crippen LogP contribution in [-0.4, -0.2) is 89.6 Å². The van der Waals surface area contributed by atoms with E-state index in [-0.39, 0.29) is 29.5 Å². The molecule has 0 radical (unpaired) electrons. The van der Waals surface area contributed by atoms with E-state index in [1.165, 1.54) is 10.6 Å². The SMILES string of the molecule is COCC1CC2(CCN(C(=O)CCS(C)(=O)=O)CC2)CN1S(C)(=O)=O. The third kappa shape index (κ3) is 5.38. The molecule has 0 saturated carbocycles. The molecular formula is C15H28N2O6S2. The molecule has 2 aliphatic rings. The first-order valence-corrected chi connectivity index (χ1v) is 12.3. The van der Waals surface area contributed by atoms with Crippen molar-refractivity contribution in [2.24, 2.45) is 5.41 Å². The molecular weight excluding hydrogens is 368 g/mol. The third-order valence-corrected chi connectivity index (χ3v) is 7.44. The minimum absolute atomic E-state index is 0.00754. The lowest BCUT2D eigenvalue weighted by atomic mass is 9.76. The summed E-state index contributed by atoms with van der Waals surface area (Å²) in [7, 11) is -4.89. The summed E-state index contributed by atoms with van der Waals surface area (Å²) in [6, 6.07) is -0.160. The molecule has 1 spiro atoms. The predicted octanol–water partition coefficient (Wildman–Crippen LogP) is -0.290. The van der Waals surface area contributed by atoms with Crippen LogP contribution in [0.2, 0.25) is 0 Å². The van der Waals surface area contributed by atoms with Gasteiger partial charge in [-0.05, 0) is 24.7 Å². The summed E-state index contributed by atoms with van der Waals surface area (Å²) in [5.41, 5.74) is -0.125. The van der Waals surface area contributed by atoms with Crippen molar-refractivity contribution in [1.82, 2.24) is 9.21 Å². The molecule has 0 bridgehead atoms. The van der Waals surface area contributed by atoms with Crippen molar-refractivity contribution in [3.63, 3.8) is 0 Å². The van der Waals surface area contributed by atoms with E-state index in [0.717, 1.165) is 25.5 Å². The van der Waals surface area contributed by atoms with Crippen LogP contribution in [-0.2, 0) is 29.4 Å². The van der Waals surface area contributed by atoms with Crippen LogP contribution >= 0.6 is 0 Å². The number of sulfone groups is 1. The molecule has 0 aromatic carbocycles. The summed E-state index contributed by atoms with van der Waals surface area (Å²) < 4.78 is 53.2. The summed E-state index contributed by atoms with van der Waals surface area (Å²) in [5.74, 6) is -0.280. The minimum Gasteiger partial charge on any atom is -0.383 e. The molecule has 2 heterocycles. The van der Waals surface area contributed by atoms with Crippen LogP contribution < -0.4 is 0 Å². The van der Waals surface area contributed by atoms with Crippen LogP contribution in [0.4, 0.5) is 0 Å². The maximum atomic E-state index is 12.2. The lowest BCUT2D eigenvalue weighted by Gasteiger charge is -2.39. The number of ether oxygens (including phenoxy) is 1. The number of amides is 1. The number of carbonyl (C=O) groups is 1. The minimum atomic E-state index is -3.30. The van der Waals surface area contributed by atoms with Gasteiger partial charge in [0.25, 0.3) is 0 Å². The van der Waals surface area contributed by atoms with Crippen LogP contribution in [0.25, 0.3) is 0 Å². The van der Waals surface area contributed by atoms with Gasteiger partial charge in [0.05, 0.1) is 18.6 Å². The molecule has 2 fully saturated rings. The normalized spacial score (nSPS) is 24.8. The number of piperidine rings is 1. The van der Waals surface area contributed by atoms with Gasteiger partial charge in [0, 0.05) is 45.5 Å². The fraction of sp³-hybridized carbons (Fsp3) is 0.933. The molecule has 8 nitrogen and oxygen atoms in total. The van der Waals surface area contributed by atoms with E-state index in [1.807, 2.05) is 0 Å². The summed E-state index contributed by atoms with van der Waals surface area (Å²) in [6.07, 6.45) is 4.54. The van der Waals surface area contributed by atoms with Gasteiger partial charge in [-0.25, -0.2) is 16.8 Å². The Balaban J connectivity index is 1.97. The molecule has 2 aliphatic heterocycles. The molecule has 25 heavy (non-hydrogen) atoms. The van der Waals surface area contributed by atoms with Gasteiger partial charge in [-0.3, -0.25) is 4.79 Å². The molecule has 146 valence electrons. The van der Waals surface area contributed by atoms with Gasteiger partial charge < -0.3 is 9.64 Å². The molecule has 1 atom stereocenters. The number of methoxy groups -OCH3 is 1. The molecule has 1 amide bonds. The Morgan fingerprint density at radius 3 is 2.24 bits per heavy atom. The predicted molar refractivity (Wildman–Crippen MR) is 94.4 cm³/mol. The highest BCUT2D eigenvalue weighted by Crippen LogP contribution is 2.44. The molecule has 1 unspecified atom stereocenters. The van der Waals surface area contributed by atoms with Gasteiger partial charge in [-0.1, -0.05) is 0 Å². The number of nitrogens with zero attached hydrogens (tertiary/aromatic N) is 2. The molecule has 0 aromatic heterocycles. The van der Waals surface area contributed by atoms with Gasteiger partial charge >= 0.3 is 0 Å². The molecule has 0 aromatic rings. The van der Waals surface area contributed by atoms with Gasteiger partial charge in [0.1, 0.15) is 9.84 Å². The van der Waals surface area contributed by atoms with E-state index in [2.05, 4.69) is 0 Å². The van der Waals surface area contributed by atoms with Crippen molar-refractivity contribution in [1.29, 1.82) is 0 Å². The molecule has 0 aliphatic carbocycles. The summed E-state index contributed by atoms with van der Waals surface area (Å²) in [4.78, 5) is 13.9. The second-order valence-corrected chi connectivity index (χ2v) is 11.6.